The van der Waals surface area contributed by atoms with Crippen molar-refractivity contribution in [1.82, 2.24) is 9.55 Å². The summed E-state index contributed by atoms with van der Waals surface area (Å²) < 4.78 is 1.92. The number of benzene rings is 1. The van der Waals surface area contributed by atoms with Gasteiger partial charge in [0.15, 0.2) is 5.84 Å². The van der Waals surface area contributed by atoms with Crippen LogP contribution in [0.15, 0.2) is 35.7 Å². The molecule has 0 bridgehead atoms. The van der Waals surface area contributed by atoms with E-state index in [1.165, 1.54) is 19.3 Å². The first kappa shape index (κ1) is 11.3. The second-order valence-electron chi connectivity index (χ2n) is 4.90. The van der Waals surface area contributed by atoms with Gasteiger partial charge in [-0.15, -0.1) is 0 Å². The average Bonchev–Trinajstić information content (AvgIpc) is 2.85. The minimum atomic E-state index is 0.348. The molecule has 1 fully saturated rings. The molecule has 0 atom stereocenters. The topological polar surface area (TPSA) is 50.4 Å². The van der Waals surface area contributed by atoms with Crippen molar-refractivity contribution in [3.05, 3.63) is 30.6 Å². The van der Waals surface area contributed by atoms with Crippen LogP contribution in [0.2, 0.25) is 0 Å². The smallest absolute Gasteiger partial charge is 0.157 e. The Bertz CT molecular complexity index is 567. The molecule has 0 unspecified atom stereocenters. The summed E-state index contributed by atoms with van der Waals surface area (Å²) in [4.78, 5) is 4.35. The normalized spacial score (nSPS) is 18.3. The Hall–Kier alpha value is -1.84. The van der Waals surface area contributed by atoms with E-state index in [4.69, 9.17) is 0 Å². The predicted octanol–water partition coefficient (Wildman–Crippen LogP) is 3.25. The van der Waals surface area contributed by atoms with Gasteiger partial charge in [-0.3, -0.25) is 4.57 Å². The third-order valence-corrected chi connectivity index (χ3v) is 3.77. The van der Waals surface area contributed by atoms with Crippen molar-refractivity contribution in [2.24, 2.45) is 11.1 Å². The zero-order valence-electron chi connectivity index (χ0n) is 10.3. The molecule has 4 heteroatoms. The van der Waals surface area contributed by atoms with E-state index in [0.717, 1.165) is 29.7 Å². The lowest BCUT2D eigenvalue weighted by molar-refractivity contribution is 0.306. The third-order valence-electron chi connectivity index (χ3n) is 3.77. The van der Waals surface area contributed by atoms with E-state index in [-0.39, 0.29) is 0 Å². The van der Waals surface area contributed by atoms with Gasteiger partial charge in [-0.2, -0.15) is 0 Å². The van der Waals surface area contributed by atoms with E-state index >= 15 is 0 Å². The number of hydrogen-bond donors (Lipinski definition) is 1. The number of nitrogens with zero attached hydrogens (tertiary/aromatic N) is 3. The van der Waals surface area contributed by atoms with E-state index in [2.05, 4.69) is 10.1 Å². The minimum Gasteiger partial charge on any atom is -0.409 e. The largest absolute Gasteiger partial charge is 0.409 e. The molecule has 2 aromatic rings. The zero-order valence-corrected chi connectivity index (χ0v) is 10.3. The fraction of sp³-hybridized carbons (Fsp3) is 0.429. The SMILES string of the molecule is O/N=C(\C1CCCCC1)n1cnc2ccccc21. The molecule has 1 heterocycles. The van der Waals surface area contributed by atoms with E-state index < -0.39 is 0 Å². The van der Waals surface area contributed by atoms with E-state index in [1.54, 1.807) is 6.33 Å². The van der Waals surface area contributed by atoms with Crippen LogP contribution in [0.25, 0.3) is 11.0 Å². The number of oxime groups is 1. The van der Waals surface area contributed by atoms with Crippen molar-refractivity contribution >= 4 is 16.9 Å². The van der Waals surface area contributed by atoms with Crippen LogP contribution in [0.4, 0.5) is 0 Å². The maximum atomic E-state index is 9.35. The van der Waals surface area contributed by atoms with Crippen molar-refractivity contribution in [1.29, 1.82) is 0 Å². The first-order valence-electron chi connectivity index (χ1n) is 6.54. The van der Waals surface area contributed by atoms with Crippen molar-refractivity contribution in [2.75, 3.05) is 0 Å². The molecule has 0 aliphatic heterocycles. The molecule has 1 aliphatic carbocycles. The van der Waals surface area contributed by atoms with Crippen LogP contribution in [-0.2, 0) is 0 Å². The van der Waals surface area contributed by atoms with Gasteiger partial charge >= 0.3 is 0 Å². The highest BCUT2D eigenvalue weighted by molar-refractivity contribution is 5.94. The predicted molar refractivity (Wildman–Crippen MR) is 70.9 cm³/mol. The fourth-order valence-electron chi connectivity index (χ4n) is 2.83. The summed E-state index contributed by atoms with van der Waals surface area (Å²) in [6.07, 6.45) is 7.69. The highest BCUT2D eigenvalue weighted by Crippen LogP contribution is 2.26. The molecule has 0 spiro atoms. The second-order valence-corrected chi connectivity index (χ2v) is 4.90. The maximum Gasteiger partial charge on any atom is 0.157 e. The Morgan fingerprint density at radius 3 is 2.78 bits per heavy atom. The Kier molecular flexibility index (Phi) is 3.00. The molecule has 3 rings (SSSR count). The highest BCUT2D eigenvalue weighted by atomic mass is 16.4. The molecule has 1 aromatic carbocycles. The first-order valence-corrected chi connectivity index (χ1v) is 6.54. The zero-order chi connectivity index (χ0) is 12.4. The lowest BCUT2D eigenvalue weighted by Crippen LogP contribution is -2.24. The number of rotatable bonds is 1. The summed E-state index contributed by atoms with van der Waals surface area (Å²) >= 11 is 0. The third kappa shape index (κ3) is 1.88. The van der Waals surface area contributed by atoms with Gasteiger partial charge in [-0.1, -0.05) is 36.6 Å². The summed E-state index contributed by atoms with van der Waals surface area (Å²) in [6, 6.07) is 7.93. The van der Waals surface area contributed by atoms with Crippen LogP contribution in [0.3, 0.4) is 0 Å². The quantitative estimate of drug-likeness (QED) is 0.362. The number of para-hydroxylation sites is 2. The molecule has 0 amide bonds. The highest BCUT2D eigenvalue weighted by Gasteiger charge is 2.22. The number of hydrogen-bond acceptors (Lipinski definition) is 3. The van der Waals surface area contributed by atoms with Crippen LogP contribution in [-0.4, -0.2) is 20.6 Å². The van der Waals surface area contributed by atoms with Crippen molar-refractivity contribution in [3.63, 3.8) is 0 Å². The number of fused-ring (bicyclic) bond motifs is 1. The van der Waals surface area contributed by atoms with Gasteiger partial charge in [0, 0.05) is 5.92 Å². The van der Waals surface area contributed by atoms with E-state index in [1.807, 2.05) is 28.8 Å². The van der Waals surface area contributed by atoms with Crippen LogP contribution >= 0.6 is 0 Å². The monoisotopic (exact) mass is 243 g/mol. The Morgan fingerprint density at radius 2 is 2.00 bits per heavy atom. The average molecular weight is 243 g/mol. The molecule has 4 nitrogen and oxygen atoms in total. The molecule has 1 N–H and O–H groups in total. The fourth-order valence-corrected chi connectivity index (χ4v) is 2.83. The maximum absolute atomic E-state index is 9.35. The molecule has 0 saturated heterocycles. The molecule has 1 saturated carbocycles. The Morgan fingerprint density at radius 1 is 1.22 bits per heavy atom. The second kappa shape index (κ2) is 4.80. The number of aromatic nitrogens is 2. The van der Waals surface area contributed by atoms with Crippen LogP contribution < -0.4 is 0 Å². The molecule has 1 aliphatic rings. The van der Waals surface area contributed by atoms with Gasteiger partial charge in [-0.05, 0) is 25.0 Å². The van der Waals surface area contributed by atoms with Crippen molar-refractivity contribution in [3.8, 4) is 0 Å². The molecular weight excluding hydrogens is 226 g/mol. The lowest BCUT2D eigenvalue weighted by Gasteiger charge is -2.22. The van der Waals surface area contributed by atoms with E-state index in [9.17, 15) is 5.21 Å². The molecule has 0 radical (unpaired) electrons. The summed E-state index contributed by atoms with van der Waals surface area (Å²) in [5.74, 6) is 1.09. The molecule has 1 aromatic heterocycles. The lowest BCUT2D eigenvalue weighted by atomic mass is 9.88. The number of imidazole rings is 1. The van der Waals surface area contributed by atoms with Gasteiger partial charge in [0.05, 0.1) is 11.0 Å². The Labute approximate surface area is 106 Å². The summed E-state index contributed by atoms with van der Waals surface area (Å²) in [7, 11) is 0. The van der Waals surface area contributed by atoms with Crippen molar-refractivity contribution < 1.29 is 5.21 Å². The van der Waals surface area contributed by atoms with Gasteiger partial charge in [-0.25, -0.2) is 4.98 Å². The van der Waals surface area contributed by atoms with Gasteiger partial charge in [0.2, 0.25) is 0 Å². The molecule has 18 heavy (non-hydrogen) atoms. The Balaban J connectivity index is 2.01. The summed E-state index contributed by atoms with van der Waals surface area (Å²) in [5.41, 5.74) is 1.95. The minimum absolute atomic E-state index is 0.348. The van der Waals surface area contributed by atoms with Gasteiger partial charge in [0.1, 0.15) is 6.33 Å². The molecule has 94 valence electrons. The molecular formula is C14H17N3O. The standard InChI is InChI=1S/C14H17N3O/c18-16-14(11-6-2-1-3-7-11)17-10-15-12-8-4-5-9-13(12)17/h4-5,8-11,18H,1-3,6-7H2/b16-14+. The van der Waals surface area contributed by atoms with Crippen molar-refractivity contribution in [2.45, 2.75) is 32.1 Å². The summed E-state index contributed by atoms with van der Waals surface area (Å²) in [6.45, 7) is 0. The summed E-state index contributed by atoms with van der Waals surface area (Å²) in [5, 5.41) is 12.9. The van der Waals surface area contributed by atoms with Gasteiger partial charge < -0.3 is 5.21 Å². The van der Waals surface area contributed by atoms with Gasteiger partial charge in [0.25, 0.3) is 0 Å². The van der Waals surface area contributed by atoms with Crippen LogP contribution in [0.5, 0.6) is 0 Å². The van der Waals surface area contributed by atoms with Crippen LogP contribution in [0.1, 0.15) is 32.1 Å². The van der Waals surface area contributed by atoms with Crippen LogP contribution in [0, 0.1) is 5.92 Å². The first-order chi connectivity index (χ1) is 8.90. The van der Waals surface area contributed by atoms with E-state index in [0.29, 0.717) is 5.92 Å².